The third kappa shape index (κ3) is 2.79. The zero-order valence-electron chi connectivity index (χ0n) is 11.0. The van der Waals surface area contributed by atoms with Gasteiger partial charge in [-0.3, -0.25) is 4.79 Å². The molecule has 2 unspecified atom stereocenters. The van der Waals surface area contributed by atoms with Gasteiger partial charge in [0.1, 0.15) is 0 Å². The van der Waals surface area contributed by atoms with Crippen molar-refractivity contribution in [1.82, 2.24) is 10.6 Å². The van der Waals surface area contributed by atoms with Crippen molar-refractivity contribution in [2.75, 3.05) is 18.8 Å². The predicted molar refractivity (Wildman–Crippen MR) is 73.4 cm³/mol. The Morgan fingerprint density at radius 2 is 2.24 bits per heavy atom. The Balaban J connectivity index is 1.88. The average Bonchev–Trinajstić information content (AvgIpc) is 2.96. The molecule has 1 amide bonds. The van der Waals surface area contributed by atoms with Crippen molar-refractivity contribution in [2.45, 2.75) is 56.2 Å². The molecule has 17 heavy (non-hydrogen) atoms. The molecule has 2 aliphatic heterocycles. The van der Waals surface area contributed by atoms with Gasteiger partial charge in [0, 0.05) is 11.3 Å². The highest BCUT2D eigenvalue weighted by atomic mass is 32.2. The molecule has 2 atom stereocenters. The standard InChI is InChI=1S/C13H24N2OS/c1-3-13(7-4-8-15-13)11(16)14-10-12(2)6-5-9-17-12/h15H,3-10H2,1-2H3,(H,14,16). The minimum absolute atomic E-state index is 0.214. The average molecular weight is 256 g/mol. The predicted octanol–water partition coefficient (Wildman–Crippen LogP) is 1.92. The van der Waals surface area contributed by atoms with E-state index >= 15 is 0 Å². The van der Waals surface area contributed by atoms with E-state index in [0.29, 0.717) is 0 Å². The summed E-state index contributed by atoms with van der Waals surface area (Å²) in [4.78, 5) is 12.3. The highest BCUT2D eigenvalue weighted by Crippen LogP contribution is 2.37. The van der Waals surface area contributed by atoms with Crippen LogP contribution in [0.2, 0.25) is 0 Å². The third-order valence-electron chi connectivity index (χ3n) is 4.21. The van der Waals surface area contributed by atoms with Gasteiger partial charge in [-0.1, -0.05) is 6.92 Å². The molecule has 0 aliphatic carbocycles. The topological polar surface area (TPSA) is 41.1 Å². The van der Waals surface area contributed by atoms with Gasteiger partial charge in [-0.15, -0.1) is 0 Å². The van der Waals surface area contributed by atoms with Gasteiger partial charge in [-0.2, -0.15) is 11.8 Å². The third-order valence-corrected chi connectivity index (χ3v) is 5.74. The van der Waals surface area contributed by atoms with Crippen molar-refractivity contribution in [3.8, 4) is 0 Å². The van der Waals surface area contributed by atoms with Crippen LogP contribution in [0.15, 0.2) is 0 Å². The monoisotopic (exact) mass is 256 g/mol. The normalized spacial score (nSPS) is 37.3. The fourth-order valence-corrected chi connectivity index (χ4v) is 4.12. The first-order chi connectivity index (χ1) is 8.10. The van der Waals surface area contributed by atoms with Crippen molar-refractivity contribution in [2.24, 2.45) is 0 Å². The van der Waals surface area contributed by atoms with E-state index in [0.717, 1.165) is 32.4 Å². The lowest BCUT2D eigenvalue weighted by Gasteiger charge is -2.30. The number of thioether (sulfide) groups is 1. The lowest BCUT2D eigenvalue weighted by atomic mass is 9.93. The summed E-state index contributed by atoms with van der Waals surface area (Å²) in [5, 5.41) is 6.57. The van der Waals surface area contributed by atoms with Gasteiger partial charge in [-0.25, -0.2) is 0 Å². The van der Waals surface area contributed by atoms with Crippen LogP contribution in [0, 0.1) is 0 Å². The molecule has 2 rings (SSSR count). The van der Waals surface area contributed by atoms with Crippen LogP contribution < -0.4 is 10.6 Å². The van der Waals surface area contributed by atoms with Gasteiger partial charge in [0.2, 0.25) is 5.91 Å². The van der Waals surface area contributed by atoms with Crippen LogP contribution in [-0.4, -0.2) is 35.0 Å². The number of carbonyl (C=O) groups excluding carboxylic acids is 1. The molecule has 0 spiro atoms. The molecule has 0 aromatic carbocycles. The summed E-state index contributed by atoms with van der Waals surface area (Å²) in [6, 6.07) is 0. The van der Waals surface area contributed by atoms with Gasteiger partial charge in [0.15, 0.2) is 0 Å². The summed E-state index contributed by atoms with van der Waals surface area (Å²) in [5.74, 6) is 1.45. The van der Waals surface area contributed by atoms with Gasteiger partial charge in [-0.05, 0) is 51.3 Å². The van der Waals surface area contributed by atoms with E-state index in [9.17, 15) is 4.79 Å². The van der Waals surface area contributed by atoms with Crippen LogP contribution in [0.25, 0.3) is 0 Å². The summed E-state index contributed by atoms with van der Waals surface area (Å²) in [6.45, 7) is 6.17. The first-order valence-corrected chi connectivity index (χ1v) is 7.76. The summed E-state index contributed by atoms with van der Waals surface area (Å²) in [6.07, 6.45) is 5.51. The Kier molecular flexibility index (Phi) is 4.03. The highest BCUT2D eigenvalue weighted by molar-refractivity contribution is 8.00. The number of hydrogen-bond acceptors (Lipinski definition) is 3. The number of carbonyl (C=O) groups is 1. The van der Waals surface area contributed by atoms with Crippen molar-refractivity contribution < 1.29 is 4.79 Å². The zero-order valence-corrected chi connectivity index (χ0v) is 11.8. The molecule has 2 heterocycles. The Morgan fingerprint density at radius 3 is 2.76 bits per heavy atom. The maximum atomic E-state index is 12.3. The van der Waals surface area contributed by atoms with Crippen LogP contribution >= 0.6 is 11.8 Å². The van der Waals surface area contributed by atoms with Crippen LogP contribution in [0.5, 0.6) is 0 Å². The van der Waals surface area contributed by atoms with E-state index in [1.807, 2.05) is 11.8 Å². The molecular weight excluding hydrogens is 232 g/mol. The summed E-state index contributed by atoms with van der Waals surface area (Å²) in [7, 11) is 0. The first kappa shape index (κ1) is 13.2. The van der Waals surface area contributed by atoms with E-state index in [4.69, 9.17) is 0 Å². The quantitative estimate of drug-likeness (QED) is 0.807. The van der Waals surface area contributed by atoms with Crippen molar-refractivity contribution in [3.63, 3.8) is 0 Å². The molecule has 0 bridgehead atoms. The minimum atomic E-state index is -0.278. The Labute approximate surface area is 108 Å². The van der Waals surface area contributed by atoms with E-state index in [1.165, 1.54) is 18.6 Å². The highest BCUT2D eigenvalue weighted by Gasteiger charge is 2.40. The maximum Gasteiger partial charge on any atom is 0.240 e. The molecule has 4 heteroatoms. The van der Waals surface area contributed by atoms with Gasteiger partial charge in [0.05, 0.1) is 5.54 Å². The molecule has 0 aromatic rings. The number of amides is 1. The van der Waals surface area contributed by atoms with E-state index in [1.54, 1.807) is 0 Å². The Morgan fingerprint density at radius 1 is 1.41 bits per heavy atom. The zero-order chi connectivity index (χ0) is 12.4. The van der Waals surface area contributed by atoms with Gasteiger partial charge in [0.25, 0.3) is 0 Å². The van der Waals surface area contributed by atoms with E-state index < -0.39 is 0 Å². The molecular formula is C13H24N2OS. The first-order valence-electron chi connectivity index (χ1n) is 6.78. The number of rotatable bonds is 4. The second-order valence-corrected chi connectivity index (χ2v) is 7.23. The van der Waals surface area contributed by atoms with E-state index in [-0.39, 0.29) is 16.2 Å². The van der Waals surface area contributed by atoms with Crippen LogP contribution in [-0.2, 0) is 4.79 Å². The van der Waals surface area contributed by atoms with Crippen LogP contribution in [0.1, 0.15) is 46.0 Å². The van der Waals surface area contributed by atoms with Crippen LogP contribution in [0.4, 0.5) is 0 Å². The molecule has 98 valence electrons. The van der Waals surface area contributed by atoms with Gasteiger partial charge >= 0.3 is 0 Å². The molecule has 0 saturated carbocycles. The van der Waals surface area contributed by atoms with Crippen molar-refractivity contribution >= 4 is 17.7 Å². The molecule has 0 aromatic heterocycles. The molecule has 2 aliphatic rings. The minimum Gasteiger partial charge on any atom is -0.353 e. The molecule has 2 N–H and O–H groups in total. The van der Waals surface area contributed by atoms with Gasteiger partial charge < -0.3 is 10.6 Å². The van der Waals surface area contributed by atoms with Crippen molar-refractivity contribution in [1.29, 1.82) is 0 Å². The summed E-state index contributed by atoms with van der Waals surface area (Å²) >= 11 is 2.00. The fraction of sp³-hybridized carbons (Fsp3) is 0.923. The SMILES string of the molecule is CCC1(C(=O)NCC2(C)CCCS2)CCCN1. The van der Waals surface area contributed by atoms with E-state index in [2.05, 4.69) is 24.5 Å². The Bertz CT molecular complexity index is 281. The number of hydrogen-bond donors (Lipinski definition) is 2. The second-order valence-electron chi connectivity index (χ2n) is 5.55. The molecule has 3 nitrogen and oxygen atoms in total. The molecule has 0 radical (unpaired) electrons. The smallest absolute Gasteiger partial charge is 0.240 e. The molecule has 2 saturated heterocycles. The fourth-order valence-electron chi connectivity index (χ4n) is 2.88. The second kappa shape index (κ2) is 5.19. The number of nitrogens with one attached hydrogen (secondary N) is 2. The molecule has 2 fully saturated rings. The summed E-state index contributed by atoms with van der Waals surface area (Å²) in [5.41, 5.74) is -0.278. The lowest BCUT2D eigenvalue weighted by molar-refractivity contribution is -0.127. The maximum absolute atomic E-state index is 12.3. The Hall–Kier alpha value is -0.220. The lowest BCUT2D eigenvalue weighted by Crippen LogP contribution is -2.55. The van der Waals surface area contributed by atoms with Crippen molar-refractivity contribution in [3.05, 3.63) is 0 Å². The summed E-state index contributed by atoms with van der Waals surface area (Å²) < 4.78 is 0.267. The largest absolute Gasteiger partial charge is 0.353 e. The van der Waals surface area contributed by atoms with Crippen LogP contribution in [0.3, 0.4) is 0 Å².